The van der Waals surface area contributed by atoms with E-state index in [2.05, 4.69) is 33.7 Å². The van der Waals surface area contributed by atoms with Gasteiger partial charge in [-0.2, -0.15) is 0 Å². The molecule has 0 aliphatic rings. The van der Waals surface area contributed by atoms with Crippen molar-refractivity contribution in [2.24, 2.45) is 0 Å². The summed E-state index contributed by atoms with van der Waals surface area (Å²) in [6, 6.07) is 9.92. The number of hydrogen-bond donors (Lipinski definition) is 1. The van der Waals surface area contributed by atoms with Crippen LogP contribution in [0.1, 0.15) is 55.6 Å². The van der Waals surface area contributed by atoms with Crippen LogP contribution in [-0.2, 0) is 0 Å². The van der Waals surface area contributed by atoms with Crippen molar-refractivity contribution >= 4 is 17.2 Å². The van der Waals surface area contributed by atoms with Gasteiger partial charge in [-0.15, -0.1) is 11.3 Å². The Morgan fingerprint density at radius 1 is 1.17 bits per heavy atom. The second-order valence-electron chi connectivity index (χ2n) is 8.41. The van der Waals surface area contributed by atoms with Gasteiger partial charge < -0.3 is 14.6 Å². The van der Waals surface area contributed by atoms with Crippen LogP contribution in [0.4, 0.5) is 0 Å². The molecule has 0 saturated heterocycles. The molecule has 7 nitrogen and oxygen atoms in total. The molecule has 0 aliphatic carbocycles. The third-order valence-corrected chi connectivity index (χ3v) is 6.97. The molecule has 1 aromatic carbocycles. The van der Waals surface area contributed by atoms with Crippen molar-refractivity contribution in [3.05, 3.63) is 65.6 Å². The summed E-state index contributed by atoms with van der Waals surface area (Å²) in [5, 5.41) is 6.02. The summed E-state index contributed by atoms with van der Waals surface area (Å²) in [5.41, 5.74) is 4.81. The molecule has 1 N–H and O–H groups in total. The lowest BCUT2D eigenvalue weighted by Gasteiger charge is -2.17. The number of amides is 1. The number of unbranched alkanes of at least 4 members (excludes halogenated alkanes) is 1. The number of methoxy groups -OCH3 is 1. The summed E-state index contributed by atoms with van der Waals surface area (Å²) in [4.78, 5) is 26.7. The molecule has 1 atom stereocenters. The highest BCUT2D eigenvalue weighted by Crippen LogP contribution is 2.33. The van der Waals surface area contributed by atoms with Crippen LogP contribution in [-0.4, -0.2) is 38.6 Å². The number of thiazole rings is 1. The minimum absolute atomic E-state index is 0.0525. The largest absolute Gasteiger partial charge is 0.497 e. The van der Waals surface area contributed by atoms with Gasteiger partial charge in [-0.05, 0) is 50.1 Å². The van der Waals surface area contributed by atoms with Gasteiger partial charge in [-0.3, -0.25) is 14.8 Å². The predicted molar refractivity (Wildman–Crippen MR) is 140 cm³/mol. The number of benzene rings is 1. The number of carbonyl (C=O) groups is 1. The standard InChI is InChI=1S/C27H31N5O2S/c1-5-7-8-19(6-2)30-26(33)22-15-25(24-17-35-27(31-24)23-16-28-13-14-29-23)32(18(22)3)20-9-11-21(34-4)12-10-20/h9-17,19H,5-8H2,1-4H3,(H,30,33). The fourth-order valence-corrected chi connectivity index (χ4v) is 4.87. The van der Waals surface area contributed by atoms with Gasteiger partial charge in [0.05, 0.1) is 30.3 Å². The maximum absolute atomic E-state index is 13.4. The normalized spacial score (nSPS) is 11.9. The predicted octanol–water partition coefficient (Wildman–Crippen LogP) is 6.07. The van der Waals surface area contributed by atoms with Crippen molar-refractivity contribution in [1.29, 1.82) is 0 Å². The average Bonchev–Trinajstić information content (AvgIpc) is 3.52. The Bertz CT molecular complexity index is 1260. The molecule has 1 amide bonds. The lowest BCUT2D eigenvalue weighted by molar-refractivity contribution is 0.0932. The van der Waals surface area contributed by atoms with Gasteiger partial charge in [-0.1, -0.05) is 26.7 Å². The third kappa shape index (κ3) is 5.43. The Morgan fingerprint density at radius 2 is 1.97 bits per heavy atom. The van der Waals surface area contributed by atoms with E-state index >= 15 is 0 Å². The van der Waals surface area contributed by atoms with Crippen LogP contribution in [0.5, 0.6) is 5.75 Å². The van der Waals surface area contributed by atoms with Gasteiger partial charge in [0.15, 0.2) is 0 Å². The molecule has 0 spiro atoms. The molecule has 35 heavy (non-hydrogen) atoms. The first-order valence-electron chi connectivity index (χ1n) is 12.0. The van der Waals surface area contributed by atoms with Gasteiger partial charge in [-0.25, -0.2) is 4.98 Å². The minimum Gasteiger partial charge on any atom is -0.497 e. The monoisotopic (exact) mass is 489 g/mol. The molecular formula is C27H31N5O2S. The fourth-order valence-electron chi connectivity index (χ4n) is 4.10. The molecule has 0 bridgehead atoms. The van der Waals surface area contributed by atoms with Crippen LogP contribution < -0.4 is 10.1 Å². The first kappa shape index (κ1) is 24.6. The molecule has 3 heterocycles. The van der Waals surface area contributed by atoms with Crippen molar-refractivity contribution < 1.29 is 9.53 Å². The zero-order valence-electron chi connectivity index (χ0n) is 20.6. The highest BCUT2D eigenvalue weighted by molar-refractivity contribution is 7.13. The number of nitrogens with one attached hydrogen (secondary N) is 1. The number of rotatable bonds is 10. The molecule has 4 aromatic rings. The molecule has 0 aliphatic heterocycles. The summed E-state index contributed by atoms with van der Waals surface area (Å²) in [5.74, 6) is 0.724. The van der Waals surface area contributed by atoms with E-state index in [4.69, 9.17) is 9.72 Å². The summed E-state index contributed by atoms with van der Waals surface area (Å²) >= 11 is 1.51. The van der Waals surface area contributed by atoms with Crippen LogP contribution in [0.3, 0.4) is 0 Å². The smallest absolute Gasteiger partial charge is 0.253 e. The fraction of sp³-hybridized carbons (Fsp3) is 0.333. The van der Waals surface area contributed by atoms with E-state index in [1.165, 1.54) is 11.3 Å². The van der Waals surface area contributed by atoms with Crippen LogP contribution in [0.2, 0.25) is 0 Å². The molecule has 0 fully saturated rings. The maximum atomic E-state index is 13.4. The van der Waals surface area contributed by atoms with E-state index in [1.807, 2.05) is 42.6 Å². The van der Waals surface area contributed by atoms with E-state index < -0.39 is 0 Å². The quantitative estimate of drug-likeness (QED) is 0.292. The summed E-state index contributed by atoms with van der Waals surface area (Å²) in [6.45, 7) is 6.26. The van der Waals surface area contributed by atoms with Gasteiger partial charge in [0.1, 0.15) is 16.5 Å². The van der Waals surface area contributed by atoms with Gasteiger partial charge >= 0.3 is 0 Å². The molecule has 0 saturated carbocycles. The topological polar surface area (TPSA) is 81.9 Å². The third-order valence-electron chi connectivity index (χ3n) is 6.11. The van der Waals surface area contributed by atoms with Crippen LogP contribution >= 0.6 is 11.3 Å². The van der Waals surface area contributed by atoms with Gasteiger partial charge in [0, 0.05) is 35.2 Å². The summed E-state index contributed by atoms with van der Waals surface area (Å²) < 4.78 is 7.42. The van der Waals surface area contributed by atoms with E-state index in [9.17, 15) is 4.79 Å². The second kappa shape index (κ2) is 11.3. The van der Waals surface area contributed by atoms with Crippen molar-refractivity contribution in [2.75, 3.05) is 7.11 Å². The zero-order valence-corrected chi connectivity index (χ0v) is 21.4. The van der Waals surface area contributed by atoms with Gasteiger partial charge in [0.2, 0.25) is 0 Å². The van der Waals surface area contributed by atoms with Crippen molar-refractivity contribution in [1.82, 2.24) is 24.8 Å². The van der Waals surface area contributed by atoms with E-state index in [-0.39, 0.29) is 11.9 Å². The minimum atomic E-state index is -0.0525. The van der Waals surface area contributed by atoms with Crippen molar-refractivity contribution in [3.63, 3.8) is 0 Å². The Labute approximate surface area is 210 Å². The maximum Gasteiger partial charge on any atom is 0.253 e. The number of nitrogens with zero attached hydrogens (tertiary/aromatic N) is 4. The Balaban J connectivity index is 1.76. The highest BCUT2D eigenvalue weighted by Gasteiger charge is 2.23. The van der Waals surface area contributed by atoms with Crippen LogP contribution in [0.25, 0.3) is 27.8 Å². The van der Waals surface area contributed by atoms with E-state index in [1.54, 1.807) is 25.7 Å². The molecule has 1 unspecified atom stereocenters. The lowest BCUT2D eigenvalue weighted by atomic mass is 10.1. The Kier molecular flexibility index (Phi) is 7.92. The number of hydrogen-bond acceptors (Lipinski definition) is 6. The Morgan fingerprint density at radius 3 is 2.63 bits per heavy atom. The van der Waals surface area contributed by atoms with Crippen molar-refractivity contribution in [2.45, 2.75) is 52.5 Å². The summed E-state index contributed by atoms with van der Waals surface area (Å²) in [7, 11) is 1.65. The molecule has 4 rings (SSSR count). The summed E-state index contributed by atoms with van der Waals surface area (Å²) in [6.07, 6.45) is 9.11. The number of carbonyl (C=O) groups excluding carboxylic acids is 1. The van der Waals surface area contributed by atoms with Crippen LogP contribution in [0.15, 0.2) is 54.3 Å². The molecule has 3 aromatic heterocycles. The SMILES string of the molecule is CCCCC(CC)NC(=O)c1cc(-c2csc(-c3cnccn3)n2)n(-c2ccc(OC)cc2)c1C. The first-order chi connectivity index (χ1) is 17.0. The van der Waals surface area contributed by atoms with E-state index in [0.29, 0.717) is 5.56 Å². The van der Waals surface area contributed by atoms with E-state index in [0.717, 1.165) is 64.9 Å². The average molecular weight is 490 g/mol. The molecular weight excluding hydrogens is 458 g/mol. The molecule has 182 valence electrons. The molecule has 0 radical (unpaired) electrons. The number of ether oxygens (including phenoxy) is 1. The number of aromatic nitrogens is 4. The zero-order chi connectivity index (χ0) is 24.8. The van der Waals surface area contributed by atoms with Crippen molar-refractivity contribution in [3.8, 4) is 33.5 Å². The Hall–Kier alpha value is -3.52. The molecule has 8 heteroatoms. The van der Waals surface area contributed by atoms with Gasteiger partial charge in [0.25, 0.3) is 5.91 Å². The lowest BCUT2D eigenvalue weighted by Crippen LogP contribution is -2.34. The highest BCUT2D eigenvalue weighted by atomic mass is 32.1. The second-order valence-corrected chi connectivity index (χ2v) is 9.27. The van der Waals surface area contributed by atoms with Crippen LogP contribution in [0, 0.1) is 6.92 Å². The first-order valence-corrected chi connectivity index (χ1v) is 12.8.